The van der Waals surface area contributed by atoms with Gasteiger partial charge in [-0.3, -0.25) is 0 Å². The maximum atomic E-state index is 12.5. The van der Waals surface area contributed by atoms with E-state index in [1.54, 1.807) is 0 Å². The zero-order valence-electron chi connectivity index (χ0n) is 7.92. The fourth-order valence-corrected chi connectivity index (χ4v) is 1.83. The fourth-order valence-electron chi connectivity index (χ4n) is 1.18. The molecule has 0 bridgehead atoms. The number of halogens is 5. The van der Waals surface area contributed by atoms with Gasteiger partial charge >= 0.3 is 6.18 Å². The first kappa shape index (κ1) is 12.6. The number of nitrogens with zero attached hydrogens (tertiary/aromatic N) is 2. The SMILES string of the molecule is FC(F)(F)c1ccc(Br)c(-c2nnc(Br)o2)c1. The molecule has 17 heavy (non-hydrogen) atoms. The Morgan fingerprint density at radius 2 is 1.82 bits per heavy atom. The molecule has 3 nitrogen and oxygen atoms in total. The molecule has 0 radical (unpaired) electrons. The quantitative estimate of drug-likeness (QED) is 0.751. The molecule has 1 heterocycles. The average molecular weight is 372 g/mol. The van der Waals surface area contributed by atoms with Gasteiger partial charge in [0, 0.05) is 20.4 Å². The monoisotopic (exact) mass is 370 g/mol. The third-order valence-electron chi connectivity index (χ3n) is 1.92. The van der Waals surface area contributed by atoms with Crippen molar-refractivity contribution in [3.63, 3.8) is 0 Å². The molecule has 2 rings (SSSR count). The molecule has 1 aromatic carbocycles. The number of benzene rings is 1. The molecule has 0 aliphatic rings. The van der Waals surface area contributed by atoms with E-state index in [4.69, 9.17) is 4.42 Å². The zero-order valence-corrected chi connectivity index (χ0v) is 11.1. The molecule has 0 saturated heterocycles. The Bertz CT molecular complexity index is 553. The van der Waals surface area contributed by atoms with E-state index in [1.165, 1.54) is 6.07 Å². The summed E-state index contributed by atoms with van der Waals surface area (Å²) in [6.45, 7) is 0. The van der Waals surface area contributed by atoms with E-state index in [-0.39, 0.29) is 16.3 Å². The third kappa shape index (κ3) is 2.68. The summed E-state index contributed by atoms with van der Waals surface area (Å²) in [6.07, 6.45) is -4.41. The minimum Gasteiger partial charge on any atom is -0.411 e. The maximum Gasteiger partial charge on any atom is 0.416 e. The lowest BCUT2D eigenvalue weighted by atomic mass is 10.1. The molecule has 0 saturated carbocycles. The summed E-state index contributed by atoms with van der Waals surface area (Å²) >= 11 is 6.07. The standard InChI is InChI=1S/C9H3Br2F3N2O/c10-6-2-1-4(9(12,13)14)3-5(6)7-15-16-8(11)17-7/h1-3H. The van der Waals surface area contributed by atoms with E-state index < -0.39 is 11.7 Å². The summed E-state index contributed by atoms with van der Waals surface area (Å²) in [4.78, 5) is 0.108. The molecule has 8 heteroatoms. The van der Waals surface area contributed by atoms with Gasteiger partial charge in [-0.1, -0.05) is 0 Å². The summed E-state index contributed by atoms with van der Waals surface area (Å²) in [5.74, 6) is 0.00912. The smallest absolute Gasteiger partial charge is 0.411 e. The number of aromatic nitrogens is 2. The van der Waals surface area contributed by atoms with Gasteiger partial charge in [-0.25, -0.2) is 0 Å². The van der Waals surface area contributed by atoms with E-state index in [0.717, 1.165) is 12.1 Å². The van der Waals surface area contributed by atoms with Gasteiger partial charge in [-0.2, -0.15) is 13.2 Å². The topological polar surface area (TPSA) is 38.9 Å². The first-order valence-electron chi connectivity index (χ1n) is 4.24. The molecule has 0 spiro atoms. The average Bonchev–Trinajstić information content (AvgIpc) is 2.63. The number of alkyl halides is 3. The highest BCUT2D eigenvalue weighted by Gasteiger charge is 2.31. The van der Waals surface area contributed by atoms with Gasteiger partial charge in [0.25, 0.3) is 4.80 Å². The molecule has 0 N–H and O–H groups in total. The van der Waals surface area contributed by atoms with Crippen molar-refractivity contribution in [1.29, 1.82) is 0 Å². The van der Waals surface area contributed by atoms with E-state index in [1.807, 2.05) is 0 Å². The van der Waals surface area contributed by atoms with Gasteiger partial charge in [0.1, 0.15) is 0 Å². The zero-order chi connectivity index (χ0) is 12.6. The van der Waals surface area contributed by atoms with Gasteiger partial charge in [0.05, 0.1) is 11.1 Å². The van der Waals surface area contributed by atoms with Gasteiger partial charge in [-0.15, -0.1) is 10.2 Å². The minimum absolute atomic E-state index is 0.00912. The Morgan fingerprint density at radius 3 is 2.35 bits per heavy atom. The molecule has 90 valence electrons. The minimum atomic E-state index is -4.41. The van der Waals surface area contributed by atoms with Crippen LogP contribution in [0.4, 0.5) is 13.2 Å². The van der Waals surface area contributed by atoms with Crippen LogP contribution in [0.1, 0.15) is 5.56 Å². The molecule has 0 aliphatic heterocycles. The molecule has 0 unspecified atom stereocenters. The normalized spacial score (nSPS) is 11.8. The molecule has 2 aromatic rings. The summed E-state index contributed by atoms with van der Waals surface area (Å²) in [5.41, 5.74) is -0.581. The van der Waals surface area contributed by atoms with Crippen LogP contribution in [-0.4, -0.2) is 10.2 Å². The van der Waals surface area contributed by atoms with E-state index in [0.29, 0.717) is 4.47 Å². The molecule has 0 amide bonds. The second-order valence-corrected chi connectivity index (χ2v) is 4.59. The number of rotatable bonds is 1. The first-order chi connectivity index (χ1) is 7.88. The Morgan fingerprint density at radius 1 is 1.12 bits per heavy atom. The Hall–Kier alpha value is -0.890. The van der Waals surface area contributed by atoms with Crippen LogP contribution in [0.3, 0.4) is 0 Å². The van der Waals surface area contributed by atoms with Crippen molar-refractivity contribution < 1.29 is 17.6 Å². The predicted octanol–water partition coefficient (Wildman–Crippen LogP) is 4.28. The van der Waals surface area contributed by atoms with Gasteiger partial charge in [-0.05, 0) is 34.1 Å². The van der Waals surface area contributed by atoms with Crippen LogP contribution in [0.2, 0.25) is 0 Å². The van der Waals surface area contributed by atoms with Crippen molar-refractivity contribution >= 4 is 31.9 Å². The van der Waals surface area contributed by atoms with Crippen molar-refractivity contribution in [3.05, 3.63) is 33.0 Å². The van der Waals surface area contributed by atoms with Crippen LogP contribution >= 0.6 is 31.9 Å². The highest BCUT2D eigenvalue weighted by atomic mass is 79.9. The molecule has 1 aromatic heterocycles. The predicted molar refractivity (Wildman–Crippen MR) is 60.1 cm³/mol. The van der Waals surface area contributed by atoms with Gasteiger partial charge in [0.2, 0.25) is 5.89 Å². The molecular weight excluding hydrogens is 369 g/mol. The largest absolute Gasteiger partial charge is 0.416 e. The first-order valence-corrected chi connectivity index (χ1v) is 5.82. The van der Waals surface area contributed by atoms with Gasteiger partial charge < -0.3 is 4.42 Å². The number of hydrogen-bond acceptors (Lipinski definition) is 3. The second-order valence-electron chi connectivity index (χ2n) is 3.05. The molecular formula is C9H3Br2F3N2O. The van der Waals surface area contributed by atoms with E-state index in [9.17, 15) is 13.2 Å². The van der Waals surface area contributed by atoms with E-state index >= 15 is 0 Å². The van der Waals surface area contributed by atoms with Crippen molar-refractivity contribution in [2.24, 2.45) is 0 Å². The van der Waals surface area contributed by atoms with Crippen LogP contribution in [0.25, 0.3) is 11.5 Å². The molecule has 0 fully saturated rings. The van der Waals surface area contributed by atoms with Crippen LogP contribution in [-0.2, 0) is 6.18 Å². The summed E-state index contributed by atoms with van der Waals surface area (Å²) in [7, 11) is 0. The highest BCUT2D eigenvalue weighted by Crippen LogP contribution is 2.35. The Labute approximate surface area is 110 Å². The summed E-state index contributed by atoms with van der Waals surface area (Å²) in [5, 5.41) is 7.13. The van der Waals surface area contributed by atoms with Gasteiger partial charge in [0.15, 0.2) is 0 Å². The number of hydrogen-bond donors (Lipinski definition) is 0. The van der Waals surface area contributed by atoms with Crippen molar-refractivity contribution in [2.45, 2.75) is 6.18 Å². The van der Waals surface area contributed by atoms with Crippen LogP contribution in [0.5, 0.6) is 0 Å². The summed E-state index contributed by atoms with van der Waals surface area (Å²) < 4.78 is 43.0. The Kier molecular flexibility index (Phi) is 3.26. The highest BCUT2D eigenvalue weighted by molar-refractivity contribution is 9.10. The van der Waals surface area contributed by atoms with Crippen LogP contribution in [0.15, 0.2) is 31.9 Å². The Balaban J connectivity index is 2.54. The van der Waals surface area contributed by atoms with Crippen LogP contribution < -0.4 is 0 Å². The van der Waals surface area contributed by atoms with E-state index in [2.05, 4.69) is 42.1 Å². The van der Waals surface area contributed by atoms with Crippen molar-refractivity contribution in [3.8, 4) is 11.5 Å². The van der Waals surface area contributed by atoms with Crippen molar-refractivity contribution in [1.82, 2.24) is 10.2 Å². The summed E-state index contributed by atoms with van der Waals surface area (Å²) in [6, 6.07) is 3.21. The fraction of sp³-hybridized carbons (Fsp3) is 0.111. The lowest BCUT2D eigenvalue weighted by Crippen LogP contribution is -2.04. The lowest BCUT2D eigenvalue weighted by Gasteiger charge is -2.08. The third-order valence-corrected chi connectivity index (χ3v) is 2.94. The lowest BCUT2D eigenvalue weighted by molar-refractivity contribution is -0.137. The molecule has 0 atom stereocenters. The van der Waals surface area contributed by atoms with Crippen LogP contribution in [0, 0.1) is 0 Å². The molecule has 0 aliphatic carbocycles. The maximum absolute atomic E-state index is 12.5. The second kappa shape index (κ2) is 4.41. The van der Waals surface area contributed by atoms with Crippen molar-refractivity contribution in [2.75, 3.05) is 0 Å².